The number of ether oxygens (including phenoxy) is 1. The van der Waals surface area contributed by atoms with Crippen LogP contribution in [0, 0.1) is 5.92 Å². The van der Waals surface area contributed by atoms with E-state index in [2.05, 4.69) is 43.0 Å². The molecule has 0 aliphatic carbocycles. The highest BCUT2D eigenvalue weighted by Crippen LogP contribution is 2.49. The minimum atomic E-state index is 0.786. The molecule has 2 bridgehead atoms. The third kappa shape index (κ3) is 2.59. The summed E-state index contributed by atoms with van der Waals surface area (Å²) in [5, 5.41) is 1.81. The van der Waals surface area contributed by atoms with Gasteiger partial charge < -0.3 is 4.74 Å². The van der Waals surface area contributed by atoms with E-state index in [0.29, 0.717) is 0 Å². The lowest BCUT2D eigenvalue weighted by Gasteiger charge is -2.19. The Labute approximate surface area is 114 Å². The van der Waals surface area contributed by atoms with Crippen molar-refractivity contribution >= 4 is 17.3 Å². The molecular formula is C16H20OS. The van der Waals surface area contributed by atoms with Gasteiger partial charge in [0.1, 0.15) is 0 Å². The molecule has 2 heterocycles. The van der Waals surface area contributed by atoms with Crippen LogP contribution >= 0.6 is 11.8 Å². The second-order valence-corrected chi connectivity index (χ2v) is 6.91. The van der Waals surface area contributed by atoms with Crippen LogP contribution in [0.1, 0.15) is 31.7 Å². The molecular weight excluding hydrogens is 240 g/mol. The Balaban J connectivity index is 1.52. The second kappa shape index (κ2) is 5.40. The number of benzene rings is 1. The first-order valence-corrected chi connectivity index (χ1v) is 7.76. The lowest BCUT2D eigenvalue weighted by molar-refractivity contribution is 0.181. The van der Waals surface area contributed by atoms with Gasteiger partial charge in [-0.25, -0.2) is 0 Å². The molecule has 2 fully saturated rings. The summed E-state index contributed by atoms with van der Waals surface area (Å²) >= 11 is 2.19. The van der Waals surface area contributed by atoms with E-state index in [4.69, 9.17) is 4.74 Å². The predicted molar refractivity (Wildman–Crippen MR) is 78.6 cm³/mol. The van der Waals surface area contributed by atoms with Gasteiger partial charge in [-0.05, 0) is 37.3 Å². The van der Waals surface area contributed by atoms with Gasteiger partial charge in [0.25, 0.3) is 0 Å². The predicted octanol–water partition coefficient (Wildman–Crippen LogP) is 4.35. The Morgan fingerprint density at radius 2 is 2.17 bits per heavy atom. The van der Waals surface area contributed by atoms with Gasteiger partial charge in [0.15, 0.2) is 0 Å². The van der Waals surface area contributed by atoms with E-state index < -0.39 is 0 Å². The average Bonchev–Trinajstić information content (AvgIpc) is 3.02. The normalized spacial score (nSPS) is 30.7. The summed E-state index contributed by atoms with van der Waals surface area (Å²) in [7, 11) is 0. The third-order valence-electron chi connectivity index (χ3n) is 4.03. The molecule has 2 saturated heterocycles. The first-order valence-electron chi connectivity index (χ1n) is 6.82. The van der Waals surface area contributed by atoms with E-state index in [9.17, 15) is 0 Å². The van der Waals surface area contributed by atoms with E-state index in [1.165, 1.54) is 30.4 Å². The Bertz CT molecular complexity index is 426. The second-order valence-electron chi connectivity index (χ2n) is 5.37. The van der Waals surface area contributed by atoms with Crippen LogP contribution in [0.3, 0.4) is 0 Å². The number of allylic oxidation sites excluding steroid dienone is 1. The maximum absolute atomic E-state index is 5.81. The zero-order valence-corrected chi connectivity index (χ0v) is 11.7. The SMILES string of the molecule is C/C(=C/OCC1CC2CCC1S2)c1ccccc1. The minimum absolute atomic E-state index is 0.786. The minimum Gasteiger partial charge on any atom is -0.501 e. The fourth-order valence-corrected chi connectivity index (χ4v) is 4.79. The molecule has 0 N–H and O–H groups in total. The van der Waals surface area contributed by atoms with Gasteiger partial charge in [0.2, 0.25) is 0 Å². The summed E-state index contributed by atoms with van der Waals surface area (Å²) in [5.41, 5.74) is 2.46. The highest BCUT2D eigenvalue weighted by Gasteiger charge is 2.40. The molecule has 3 rings (SSSR count). The summed E-state index contributed by atoms with van der Waals surface area (Å²) < 4.78 is 5.81. The van der Waals surface area contributed by atoms with Gasteiger partial charge in [0, 0.05) is 16.4 Å². The lowest BCUT2D eigenvalue weighted by atomic mass is 9.90. The topological polar surface area (TPSA) is 9.23 Å². The first kappa shape index (κ1) is 12.2. The molecule has 1 aromatic carbocycles. The summed E-state index contributed by atoms with van der Waals surface area (Å²) in [4.78, 5) is 0. The van der Waals surface area contributed by atoms with Gasteiger partial charge in [0.05, 0.1) is 12.9 Å². The van der Waals surface area contributed by atoms with E-state index in [1.807, 2.05) is 12.3 Å². The molecule has 0 saturated carbocycles. The average molecular weight is 260 g/mol. The molecule has 2 aliphatic rings. The Kier molecular flexibility index (Phi) is 3.64. The quantitative estimate of drug-likeness (QED) is 0.744. The van der Waals surface area contributed by atoms with Crippen molar-refractivity contribution in [1.29, 1.82) is 0 Å². The van der Waals surface area contributed by atoms with E-state index in [-0.39, 0.29) is 0 Å². The van der Waals surface area contributed by atoms with Gasteiger partial charge in [-0.2, -0.15) is 11.8 Å². The molecule has 2 aliphatic heterocycles. The van der Waals surface area contributed by atoms with Crippen molar-refractivity contribution in [2.75, 3.05) is 6.61 Å². The molecule has 18 heavy (non-hydrogen) atoms. The summed E-state index contributed by atoms with van der Waals surface area (Å²) in [6.07, 6.45) is 6.15. The first-order chi connectivity index (χ1) is 8.83. The highest BCUT2D eigenvalue weighted by atomic mass is 32.2. The lowest BCUT2D eigenvalue weighted by Crippen LogP contribution is -2.19. The fourth-order valence-electron chi connectivity index (χ4n) is 2.98. The largest absolute Gasteiger partial charge is 0.501 e. The van der Waals surface area contributed by atoms with Crippen LogP contribution in [0.25, 0.3) is 5.57 Å². The van der Waals surface area contributed by atoms with Crippen molar-refractivity contribution in [1.82, 2.24) is 0 Å². The third-order valence-corrected chi connectivity index (χ3v) is 5.81. The van der Waals surface area contributed by atoms with Crippen LogP contribution in [-0.4, -0.2) is 17.1 Å². The van der Waals surface area contributed by atoms with Crippen molar-refractivity contribution in [3.63, 3.8) is 0 Å². The van der Waals surface area contributed by atoms with E-state index in [1.54, 1.807) is 0 Å². The van der Waals surface area contributed by atoms with Crippen LogP contribution in [0.5, 0.6) is 0 Å². The smallest absolute Gasteiger partial charge is 0.0912 e. The van der Waals surface area contributed by atoms with Crippen LogP contribution in [0.15, 0.2) is 36.6 Å². The molecule has 0 spiro atoms. The van der Waals surface area contributed by atoms with Crippen molar-refractivity contribution in [2.24, 2.45) is 5.92 Å². The van der Waals surface area contributed by atoms with Crippen LogP contribution in [0.2, 0.25) is 0 Å². The molecule has 1 nitrogen and oxygen atoms in total. The summed E-state index contributed by atoms with van der Waals surface area (Å²) in [6.45, 7) is 3.02. The Hall–Kier alpha value is -0.890. The van der Waals surface area contributed by atoms with Crippen LogP contribution in [-0.2, 0) is 4.74 Å². The number of fused-ring (bicyclic) bond motifs is 2. The van der Waals surface area contributed by atoms with Gasteiger partial charge in [-0.15, -0.1) is 0 Å². The van der Waals surface area contributed by atoms with Gasteiger partial charge >= 0.3 is 0 Å². The van der Waals surface area contributed by atoms with Gasteiger partial charge in [-0.3, -0.25) is 0 Å². The number of hydrogen-bond donors (Lipinski definition) is 0. The zero-order valence-electron chi connectivity index (χ0n) is 10.8. The van der Waals surface area contributed by atoms with Crippen LogP contribution in [0.4, 0.5) is 0 Å². The van der Waals surface area contributed by atoms with E-state index >= 15 is 0 Å². The molecule has 3 atom stereocenters. The van der Waals surface area contributed by atoms with Crippen molar-refractivity contribution in [2.45, 2.75) is 36.7 Å². The molecule has 0 amide bonds. The van der Waals surface area contributed by atoms with Crippen molar-refractivity contribution in [3.8, 4) is 0 Å². The van der Waals surface area contributed by atoms with Crippen molar-refractivity contribution < 1.29 is 4.74 Å². The Morgan fingerprint density at radius 1 is 1.33 bits per heavy atom. The molecule has 3 unspecified atom stereocenters. The molecule has 1 aromatic rings. The Morgan fingerprint density at radius 3 is 2.83 bits per heavy atom. The number of hydrogen-bond acceptors (Lipinski definition) is 2. The highest BCUT2D eigenvalue weighted by molar-refractivity contribution is 8.01. The number of rotatable bonds is 4. The maximum Gasteiger partial charge on any atom is 0.0912 e. The molecule has 0 aromatic heterocycles. The van der Waals surface area contributed by atoms with Crippen molar-refractivity contribution in [3.05, 3.63) is 42.2 Å². The fraction of sp³-hybridized carbons (Fsp3) is 0.500. The summed E-state index contributed by atoms with van der Waals surface area (Å²) in [6, 6.07) is 10.4. The number of thioether (sulfide) groups is 1. The standard InChI is InChI=1S/C16H20OS/c1-12(13-5-3-2-4-6-13)10-17-11-14-9-15-7-8-16(14)18-15/h2-6,10,14-16H,7-9,11H2,1H3/b12-10-. The van der Waals surface area contributed by atoms with Gasteiger partial charge in [-0.1, -0.05) is 30.3 Å². The van der Waals surface area contributed by atoms with Crippen LogP contribution < -0.4 is 0 Å². The molecule has 2 heteroatoms. The summed E-state index contributed by atoms with van der Waals surface area (Å²) in [5.74, 6) is 0.786. The van der Waals surface area contributed by atoms with E-state index in [0.717, 1.165) is 23.0 Å². The maximum atomic E-state index is 5.81. The monoisotopic (exact) mass is 260 g/mol. The zero-order chi connectivity index (χ0) is 12.4. The molecule has 96 valence electrons. The molecule has 0 radical (unpaired) electrons.